The van der Waals surface area contributed by atoms with Crippen molar-refractivity contribution in [1.29, 1.82) is 0 Å². The van der Waals surface area contributed by atoms with Crippen LogP contribution < -0.4 is 10.7 Å². The molecule has 0 atom stereocenters. The van der Waals surface area contributed by atoms with E-state index < -0.39 is 0 Å². The lowest BCUT2D eigenvalue weighted by Gasteiger charge is -2.07. The van der Waals surface area contributed by atoms with E-state index in [2.05, 4.69) is 63.7 Å². The van der Waals surface area contributed by atoms with Crippen molar-refractivity contribution in [3.63, 3.8) is 0 Å². The minimum absolute atomic E-state index is 0.172. The maximum Gasteiger partial charge on any atom is 0.259 e. The van der Waals surface area contributed by atoms with Gasteiger partial charge in [0.1, 0.15) is 0 Å². The van der Waals surface area contributed by atoms with E-state index in [1.807, 2.05) is 37.3 Å². The average Bonchev–Trinajstić information content (AvgIpc) is 3.06. The normalized spacial score (nSPS) is 11.4. The molecule has 5 heteroatoms. The van der Waals surface area contributed by atoms with Gasteiger partial charge in [0.2, 0.25) is 0 Å². The molecule has 5 nitrogen and oxygen atoms in total. The van der Waals surface area contributed by atoms with Gasteiger partial charge in [0.25, 0.3) is 5.91 Å². The number of aromatic nitrogens is 1. The minimum Gasteiger partial charge on any atom is -0.376 e. The number of benzene rings is 3. The highest BCUT2D eigenvalue weighted by Crippen LogP contribution is 2.29. The van der Waals surface area contributed by atoms with Crippen molar-refractivity contribution >= 4 is 39.6 Å². The summed E-state index contributed by atoms with van der Waals surface area (Å²) in [5, 5.41) is 9.67. The van der Waals surface area contributed by atoms with E-state index in [0.29, 0.717) is 0 Å². The molecule has 1 amide bonds. The molecule has 4 aromatic rings. The van der Waals surface area contributed by atoms with Crippen LogP contribution in [-0.4, -0.2) is 23.2 Å². The Morgan fingerprint density at radius 1 is 1.00 bits per heavy atom. The summed E-state index contributed by atoms with van der Waals surface area (Å²) in [6.07, 6.45) is 1.68. The van der Waals surface area contributed by atoms with Crippen molar-refractivity contribution < 1.29 is 4.79 Å². The van der Waals surface area contributed by atoms with Gasteiger partial charge in [-0.05, 0) is 49.2 Å². The summed E-state index contributed by atoms with van der Waals surface area (Å²) in [6.45, 7) is 5.25. The molecule has 0 unspecified atom stereocenters. The van der Waals surface area contributed by atoms with Crippen LogP contribution in [0.4, 0.5) is 5.69 Å². The molecule has 29 heavy (non-hydrogen) atoms. The molecular formula is C24H24N4O. The maximum absolute atomic E-state index is 12.1. The second-order valence-electron chi connectivity index (χ2n) is 7.00. The molecule has 0 bridgehead atoms. The van der Waals surface area contributed by atoms with E-state index in [-0.39, 0.29) is 12.5 Å². The van der Waals surface area contributed by atoms with Crippen LogP contribution in [0.1, 0.15) is 18.1 Å². The van der Waals surface area contributed by atoms with Crippen LogP contribution >= 0.6 is 0 Å². The number of hydrogen-bond acceptors (Lipinski definition) is 3. The lowest BCUT2D eigenvalue weighted by atomic mass is 10.1. The van der Waals surface area contributed by atoms with Crippen LogP contribution in [0.5, 0.6) is 0 Å². The molecule has 2 N–H and O–H groups in total. The van der Waals surface area contributed by atoms with Gasteiger partial charge in [0.05, 0.1) is 12.8 Å². The molecule has 0 aliphatic rings. The summed E-state index contributed by atoms with van der Waals surface area (Å²) < 4.78 is 2.31. The van der Waals surface area contributed by atoms with Crippen LogP contribution in [-0.2, 0) is 11.3 Å². The topological polar surface area (TPSA) is 58.4 Å². The quantitative estimate of drug-likeness (QED) is 0.374. The lowest BCUT2D eigenvalue weighted by molar-refractivity contribution is -0.119. The molecule has 0 spiro atoms. The Kier molecular flexibility index (Phi) is 5.29. The number of fused-ring (bicyclic) bond motifs is 3. The van der Waals surface area contributed by atoms with Crippen LogP contribution in [0.25, 0.3) is 21.8 Å². The van der Waals surface area contributed by atoms with E-state index in [1.54, 1.807) is 6.21 Å². The molecule has 0 saturated carbocycles. The van der Waals surface area contributed by atoms with Crippen LogP contribution in [0.2, 0.25) is 0 Å². The lowest BCUT2D eigenvalue weighted by Crippen LogP contribution is -2.26. The molecular weight excluding hydrogens is 360 g/mol. The molecule has 0 aliphatic carbocycles. The smallest absolute Gasteiger partial charge is 0.259 e. The molecule has 0 fully saturated rings. The molecule has 1 aromatic heterocycles. The van der Waals surface area contributed by atoms with Gasteiger partial charge >= 0.3 is 0 Å². The minimum atomic E-state index is -0.187. The fraction of sp³-hybridized carbons (Fsp3) is 0.167. The van der Waals surface area contributed by atoms with Gasteiger partial charge < -0.3 is 9.88 Å². The van der Waals surface area contributed by atoms with Gasteiger partial charge in [0.15, 0.2) is 0 Å². The number of anilines is 1. The first-order valence-corrected chi connectivity index (χ1v) is 9.79. The first-order valence-electron chi connectivity index (χ1n) is 9.79. The fourth-order valence-corrected chi connectivity index (χ4v) is 3.66. The molecule has 0 saturated heterocycles. The summed E-state index contributed by atoms with van der Waals surface area (Å²) in [6, 6.07) is 22.5. The Hall–Kier alpha value is -3.60. The van der Waals surface area contributed by atoms with Gasteiger partial charge in [0, 0.05) is 34.0 Å². The zero-order valence-corrected chi connectivity index (χ0v) is 16.6. The summed E-state index contributed by atoms with van der Waals surface area (Å²) >= 11 is 0. The number of rotatable bonds is 6. The number of hydrazone groups is 1. The Labute approximate surface area is 170 Å². The average molecular weight is 384 g/mol. The predicted octanol–water partition coefficient (Wildman–Crippen LogP) is 4.69. The van der Waals surface area contributed by atoms with Gasteiger partial charge in [-0.1, -0.05) is 42.5 Å². The number of aryl methyl sites for hydroxylation is 2. The SMILES string of the molecule is CCn1c2ccccc2c2cc(C=NNC(=O)CNc3ccccc3C)ccc21. The summed E-state index contributed by atoms with van der Waals surface area (Å²) in [5.74, 6) is -0.187. The van der Waals surface area contributed by atoms with Crippen molar-refractivity contribution in [3.05, 3.63) is 77.9 Å². The fourth-order valence-electron chi connectivity index (χ4n) is 3.66. The third-order valence-corrected chi connectivity index (χ3v) is 5.10. The number of hydrogen-bond donors (Lipinski definition) is 2. The first kappa shape index (κ1) is 18.7. The maximum atomic E-state index is 12.1. The third-order valence-electron chi connectivity index (χ3n) is 5.10. The van der Waals surface area contributed by atoms with Crippen molar-refractivity contribution in [1.82, 2.24) is 9.99 Å². The molecule has 0 aliphatic heterocycles. The summed E-state index contributed by atoms with van der Waals surface area (Å²) in [7, 11) is 0. The number of para-hydroxylation sites is 2. The van der Waals surface area contributed by atoms with Crippen molar-refractivity contribution in [2.45, 2.75) is 20.4 Å². The van der Waals surface area contributed by atoms with Gasteiger partial charge in [-0.25, -0.2) is 5.43 Å². The Morgan fingerprint density at radius 3 is 2.59 bits per heavy atom. The zero-order chi connectivity index (χ0) is 20.2. The zero-order valence-electron chi connectivity index (χ0n) is 16.6. The number of nitrogens with zero attached hydrogens (tertiary/aromatic N) is 2. The van der Waals surface area contributed by atoms with Gasteiger partial charge in [-0.2, -0.15) is 5.10 Å². The first-order chi connectivity index (χ1) is 14.2. The van der Waals surface area contributed by atoms with E-state index >= 15 is 0 Å². The van der Waals surface area contributed by atoms with E-state index in [4.69, 9.17) is 0 Å². The highest BCUT2D eigenvalue weighted by molar-refractivity contribution is 6.09. The summed E-state index contributed by atoms with van der Waals surface area (Å²) in [5.41, 5.74) is 8.02. The van der Waals surface area contributed by atoms with Crippen LogP contribution in [0.3, 0.4) is 0 Å². The number of nitrogens with one attached hydrogen (secondary N) is 2. The molecule has 3 aromatic carbocycles. The molecule has 4 rings (SSSR count). The molecule has 0 radical (unpaired) electrons. The van der Waals surface area contributed by atoms with Gasteiger partial charge in [-0.3, -0.25) is 4.79 Å². The van der Waals surface area contributed by atoms with Crippen molar-refractivity contribution in [3.8, 4) is 0 Å². The predicted molar refractivity (Wildman–Crippen MR) is 121 cm³/mol. The number of amides is 1. The molecule has 146 valence electrons. The van der Waals surface area contributed by atoms with Crippen LogP contribution in [0.15, 0.2) is 71.8 Å². The van der Waals surface area contributed by atoms with Crippen LogP contribution in [0, 0.1) is 6.92 Å². The Bertz CT molecular complexity index is 1210. The van der Waals surface area contributed by atoms with E-state index in [0.717, 1.165) is 23.4 Å². The Balaban J connectivity index is 1.46. The van der Waals surface area contributed by atoms with Gasteiger partial charge in [-0.15, -0.1) is 0 Å². The van der Waals surface area contributed by atoms with E-state index in [1.165, 1.54) is 21.8 Å². The van der Waals surface area contributed by atoms with Crippen molar-refractivity contribution in [2.24, 2.45) is 5.10 Å². The Morgan fingerprint density at radius 2 is 1.76 bits per heavy atom. The molecule has 1 heterocycles. The second-order valence-corrected chi connectivity index (χ2v) is 7.00. The monoisotopic (exact) mass is 384 g/mol. The highest BCUT2D eigenvalue weighted by atomic mass is 16.2. The standard InChI is InChI=1S/C24H24N4O/c1-3-28-22-11-7-5-9-19(22)20-14-18(12-13-23(20)28)15-26-27-24(29)16-25-21-10-6-4-8-17(21)2/h4-15,25H,3,16H2,1-2H3,(H,27,29). The number of carbonyl (C=O) groups excluding carboxylic acids is 1. The largest absolute Gasteiger partial charge is 0.376 e. The van der Waals surface area contributed by atoms with Crippen molar-refractivity contribution in [2.75, 3.05) is 11.9 Å². The second kappa shape index (κ2) is 8.19. The number of carbonyl (C=O) groups is 1. The third kappa shape index (κ3) is 3.85. The summed E-state index contributed by atoms with van der Waals surface area (Å²) in [4.78, 5) is 12.1. The highest BCUT2D eigenvalue weighted by Gasteiger charge is 2.09. The van der Waals surface area contributed by atoms with E-state index in [9.17, 15) is 4.79 Å².